The third-order valence-corrected chi connectivity index (χ3v) is 9.28. The van der Waals surface area contributed by atoms with Crippen LogP contribution in [0.1, 0.15) is 24.0 Å². The summed E-state index contributed by atoms with van der Waals surface area (Å²) in [5, 5.41) is 23.3. The van der Waals surface area contributed by atoms with Crippen molar-refractivity contribution in [3.63, 3.8) is 0 Å². The summed E-state index contributed by atoms with van der Waals surface area (Å²) in [5.74, 6) is -0.836. The molecule has 13 nitrogen and oxygen atoms in total. The molecule has 14 heteroatoms. The first-order valence-electron chi connectivity index (χ1n) is 13.4. The van der Waals surface area contributed by atoms with Crippen molar-refractivity contribution in [2.45, 2.75) is 55.3 Å². The van der Waals surface area contributed by atoms with Gasteiger partial charge in [-0.3, -0.25) is 9.59 Å². The van der Waals surface area contributed by atoms with Crippen LogP contribution in [0.4, 0.5) is 5.95 Å². The molecule has 3 unspecified atom stereocenters. The van der Waals surface area contributed by atoms with Crippen molar-refractivity contribution in [2.75, 3.05) is 18.4 Å². The lowest BCUT2D eigenvalue weighted by Gasteiger charge is -2.26. The Labute approximate surface area is 243 Å². The number of nitrogens with zero attached hydrogens (tertiary/aromatic N) is 2. The van der Waals surface area contributed by atoms with E-state index in [4.69, 9.17) is 4.84 Å². The summed E-state index contributed by atoms with van der Waals surface area (Å²) in [6, 6.07) is 10.0. The molecule has 6 N–H and O–H groups in total. The normalized spacial score (nSPS) is 21.4. The number of anilines is 1. The van der Waals surface area contributed by atoms with Gasteiger partial charge in [0.05, 0.1) is 16.6 Å². The summed E-state index contributed by atoms with van der Waals surface area (Å²) in [4.78, 5) is 36.9. The molecule has 1 fully saturated rings. The van der Waals surface area contributed by atoms with Crippen LogP contribution in [0.3, 0.4) is 0 Å². The molecule has 0 bridgehead atoms. The summed E-state index contributed by atoms with van der Waals surface area (Å²) in [5.41, 5.74) is 2.15. The van der Waals surface area contributed by atoms with Crippen molar-refractivity contribution in [3.05, 3.63) is 66.0 Å². The molecule has 0 aliphatic carbocycles. The number of rotatable bonds is 12. The van der Waals surface area contributed by atoms with Gasteiger partial charge in [-0.25, -0.2) is 13.4 Å². The van der Waals surface area contributed by atoms with Gasteiger partial charge in [0, 0.05) is 44.4 Å². The highest BCUT2D eigenvalue weighted by molar-refractivity contribution is 7.89. The average Bonchev–Trinajstić information content (AvgIpc) is 3.71. The number of H-pyrrole nitrogens is 1. The molecular formula is C28H33N7O6S. The van der Waals surface area contributed by atoms with Crippen LogP contribution in [-0.4, -0.2) is 78.4 Å². The SMILES string of the molecule is Cc1cc(-c2ccccc2)cc(C)c1S(=O)(=O)NC(C(=O)O)C(NC=O)C1=NO[C@]2(CNC(CNc3ncc[nH]3)C2)C1. The molecule has 2 aromatic carbocycles. The number of aryl methyl sites for hydroxylation is 2. The number of aromatic nitrogens is 2. The molecule has 0 saturated carbocycles. The number of oxime groups is 1. The number of aliphatic carboxylic acids is 1. The number of amides is 1. The number of aromatic amines is 1. The first-order chi connectivity index (χ1) is 20.1. The summed E-state index contributed by atoms with van der Waals surface area (Å²) in [6.45, 7) is 4.32. The Balaban J connectivity index is 1.33. The van der Waals surface area contributed by atoms with Gasteiger partial charge in [-0.05, 0) is 36.1 Å². The van der Waals surface area contributed by atoms with Crippen LogP contribution in [0.2, 0.25) is 0 Å². The lowest BCUT2D eigenvalue weighted by atomic mass is 9.90. The Hall–Kier alpha value is -4.27. The number of hydrogen-bond donors (Lipinski definition) is 6. The maximum absolute atomic E-state index is 13.6. The minimum absolute atomic E-state index is 0.0145. The topological polar surface area (TPSA) is 187 Å². The van der Waals surface area contributed by atoms with Gasteiger partial charge in [0.15, 0.2) is 11.5 Å². The lowest BCUT2D eigenvalue weighted by Crippen LogP contribution is -2.57. The second-order valence-corrected chi connectivity index (χ2v) is 12.3. The minimum atomic E-state index is -4.33. The summed E-state index contributed by atoms with van der Waals surface area (Å²) in [7, 11) is -4.33. The summed E-state index contributed by atoms with van der Waals surface area (Å²) >= 11 is 0. The van der Waals surface area contributed by atoms with Gasteiger partial charge in [0.2, 0.25) is 16.4 Å². The van der Waals surface area contributed by atoms with E-state index >= 15 is 0 Å². The second-order valence-electron chi connectivity index (χ2n) is 10.6. The number of carbonyl (C=O) groups excluding carboxylic acids is 1. The number of carboxylic acid groups (broad SMARTS) is 1. The van der Waals surface area contributed by atoms with Crippen molar-refractivity contribution in [1.82, 2.24) is 25.3 Å². The smallest absolute Gasteiger partial charge is 0.324 e. The van der Waals surface area contributed by atoms with Gasteiger partial charge in [-0.2, -0.15) is 4.72 Å². The van der Waals surface area contributed by atoms with Gasteiger partial charge >= 0.3 is 5.97 Å². The van der Waals surface area contributed by atoms with Crippen molar-refractivity contribution >= 4 is 34.1 Å². The highest BCUT2D eigenvalue weighted by Crippen LogP contribution is 2.34. The molecule has 2 aliphatic rings. The molecule has 0 radical (unpaired) electrons. The van der Waals surface area contributed by atoms with Gasteiger partial charge < -0.3 is 30.9 Å². The lowest BCUT2D eigenvalue weighted by molar-refractivity contribution is -0.139. The van der Waals surface area contributed by atoms with E-state index in [1.807, 2.05) is 30.3 Å². The number of sulfonamides is 1. The predicted molar refractivity (Wildman–Crippen MR) is 155 cm³/mol. The van der Waals surface area contributed by atoms with Crippen LogP contribution in [0, 0.1) is 13.8 Å². The fourth-order valence-electron chi connectivity index (χ4n) is 5.69. The van der Waals surface area contributed by atoms with Gasteiger partial charge in [-0.15, -0.1) is 0 Å². The van der Waals surface area contributed by atoms with Gasteiger partial charge in [-0.1, -0.05) is 47.6 Å². The Bertz CT molecular complexity index is 1560. The quantitative estimate of drug-likeness (QED) is 0.169. The first kappa shape index (κ1) is 29.2. The zero-order valence-electron chi connectivity index (χ0n) is 23.1. The molecule has 1 spiro atoms. The van der Waals surface area contributed by atoms with Crippen LogP contribution in [0.25, 0.3) is 11.1 Å². The first-order valence-corrected chi connectivity index (χ1v) is 14.9. The minimum Gasteiger partial charge on any atom is -0.480 e. The van der Waals surface area contributed by atoms with Crippen LogP contribution >= 0.6 is 0 Å². The average molecular weight is 596 g/mol. The zero-order chi connectivity index (χ0) is 29.9. The number of hydrogen-bond acceptors (Lipinski definition) is 9. The van der Waals surface area contributed by atoms with E-state index in [0.29, 0.717) is 43.0 Å². The third kappa shape index (κ3) is 6.15. The number of nitrogens with one attached hydrogen (secondary N) is 5. The summed E-state index contributed by atoms with van der Waals surface area (Å²) in [6.07, 6.45) is 4.44. The van der Waals surface area contributed by atoms with Crippen molar-refractivity contribution in [1.29, 1.82) is 0 Å². The Morgan fingerprint density at radius 1 is 1.21 bits per heavy atom. The Morgan fingerprint density at radius 3 is 2.60 bits per heavy atom. The molecule has 5 rings (SSSR count). The highest BCUT2D eigenvalue weighted by Gasteiger charge is 2.49. The molecule has 222 valence electrons. The fourth-order valence-corrected chi connectivity index (χ4v) is 7.34. The predicted octanol–water partition coefficient (Wildman–Crippen LogP) is 1.53. The third-order valence-electron chi connectivity index (χ3n) is 7.53. The number of imidazole rings is 1. The van der Waals surface area contributed by atoms with E-state index in [9.17, 15) is 23.1 Å². The molecule has 1 amide bonds. The van der Waals surface area contributed by atoms with Crippen molar-refractivity contribution in [2.24, 2.45) is 5.16 Å². The fraction of sp³-hybridized carbons (Fsp3) is 0.357. The Morgan fingerprint density at radius 2 is 1.95 bits per heavy atom. The molecule has 1 saturated heterocycles. The van der Waals surface area contributed by atoms with Gasteiger partial charge in [0.25, 0.3) is 0 Å². The highest BCUT2D eigenvalue weighted by atomic mass is 32.2. The molecule has 1 aromatic heterocycles. The van der Waals surface area contributed by atoms with E-state index in [0.717, 1.165) is 11.1 Å². The maximum Gasteiger partial charge on any atom is 0.324 e. The number of carboxylic acids is 1. The van der Waals surface area contributed by atoms with E-state index < -0.39 is 33.7 Å². The van der Waals surface area contributed by atoms with E-state index in [2.05, 4.69) is 35.8 Å². The molecule has 3 aromatic rings. The standard InChI is InChI=1S/C28H33N7O6S/c1-17-10-20(19-6-4-3-5-7-19)11-18(2)25(17)42(39,40)35-24(26(37)38)23(33-16-36)22-13-28(41-34-22)12-21(32-15-28)14-31-27-29-8-9-30-27/h3-11,16,21,23-24,32,35H,12-15H2,1-2H3,(H,33,36)(H,37,38)(H2,29,30,31)/t21?,23?,24?,28-/m0/s1. The molecular weight excluding hydrogens is 562 g/mol. The molecule has 42 heavy (non-hydrogen) atoms. The Kier molecular flexibility index (Phi) is 8.29. The van der Waals surface area contributed by atoms with E-state index in [-0.39, 0.29) is 23.1 Å². The largest absolute Gasteiger partial charge is 0.480 e. The van der Waals surface area contributed by atoms with Gasteiger partial charge in [0.1, 0.15) is 6.04 Å². The van der Waals surface area contributed by atoms with E-state index in [1.165, 1.54) is 0 Å². The molecule has 3 heterocycles. The van der Waals surface area contributed by atoms with Crippen LogP contribution < -0.4 is 20.7 Å². The molecule has 4 atom stereocenters. The number of carbonyl (C=O) groups is 2. The molecule has 2 aliphatic heterocycles. The van der Waals surface area contributed by atoms with Crippen molar-refractivity contribution in [3.8, 4) is 11.1 Å². The van der Waals surface area contributed by atoms with Crippen LogP contribution in [0.15, 0.2) is 64.9 Å². The zero-order valence-corrected chi connectivity index (χ0v) is 23.9. The van der Waals surface area contributed by atoms with Crippen LogP contribution in [-0.2, 0) is 24.4 Å². The monoisotopic (exact) mass is 595 g/mol. The van der Waals surface area contributed by atoms with Crippen LogP contribution in [0.5, 0.6) is 0 Å². The maximum atomic E-state index is 13.6. The second kappa shape index (κ2) is 11.9. The van der Waals surface area contributed by atoms with Crippen molar-refractivity contribution < 1.29 is 28.0 Å². The summed E-state index contributed by atoms with van der Waals surface area (Å²) < 4.78 is 29.6. The number of benzene rings is 2. The van der Waals surface area contributed by atoms with E-state index in [1.54, 1.807) is 38.4 Å².